The Morgan fingerprint density at radius 2 is 2.09 bits per heavy atom. The summed E-state index contributed by atoms with van der Waals surface area (Å²) in [5.41, 5.74) is 2.41. The summed E-state index contributed by atoms with van der Waals surface area (Å²) in [6.45, 7) is 7.46. The maximum absolute atomic E-state index is 12.9. The summed E-state index contributed by atoms with van der Waals surface area (Å²) < 4.78 is 3.67. The number of amides is 1. The van der Waals surface area contributed by atoms with Crippen LogP contribution in [0.15, 0.2) is 12.3 Å². The maximum Gasteiger partial charge on any atom is 0.272 e. The standard InChI is InChI=1S/C24H39N7O2/c1-4-11-30-16(3)12-20(28-30)24(33)26-19(5-2)22-23(32)21(14-25-22)31-15-18(27-29-31)13-17-9-7-6-8-10-17/h12,15,17,19,21-23,25,32H,4-11,13-14H2,1-3H3,(H,26,33). The molecule has 182 valence electrons. The van der Waals surface area contributed by atoms with E-state index in [1.54, 1.807) is 4.68 Å². The Morgan fingerprint density at radius 1 is 1.30 bits per heavy atom. The van der Waals surface area contributed by atoms with Crippen LogP contribution in [-0.2, 0) is 13.0 Å². The van der Waals surface area contributed by atoms with Crippen molar-refractivity contribution in [2.45, 2.75) is 103 Å². The third-order valence-corrected chi connectivity index (χ3v) is 7.28. The number of carbonyl (C=O) groups is 1. The number of aryl methyl sites for hydroxylation is 2. The van der Waals surface area contributed by atoms with Gasteiger partial charge in [-0.1, -0.05) is 51.2 Å². The van der Waals surface area contributed by atoms with Gasteiger partial charge in [0, 0.05) is 31.0 Å². The summed E-state index contributed by atoms with van der Waals surface area (Å²) in [4.78, 5) is 12.9. The summed E-state index contributed by atoms with van der Waals surface area (Å²) >= 11 is 0. The fourth-order valence-corrected chi connectivity index (χ4v) is 5.37. The van der Waals surface area contributed by atoms with Crippen molar-refractivity contribution in [3.8, 4) is 0 Å². The molecule has 1 aliphatic carbocycles. The molecule has 0 bridgehead atoms. The van der Waals surface area contributed by atoms with Crippen molar-refractivity contribution >= 4 is 5.91 Å². The number of aliphatic hydroxyl groups excluding tert-OH is 1. The van der Waals surface area contributed by atoms with Gasteiger partial charge in [-0.05, 0) is 38.2 Å². The zero-order chi connectivity index (χ0) is 23.4. The molecule has 0 radical (unpaired) electrons. The Hall–Kier alpha value is -2.26. The highest BCUT2D eigenvalue weighted by Crippen LogP contribution is 2.27. The monoisotopic (exact) mass is 457 g/mol. The van der Waals surface area contributed by atoms with Gasteiger partial charge in [-0.3, -0.25) is 9.48 Å². The number of carbonyl (C=O) groups excluding carboxylic acids is 1. The highest BCUT2D eigenvalue weighted by atomic mass is 16.3. The molecule has 9 nitrogen and oxygen atoms in total. The second-order valence-corrected chi connectivity index (χ2v) is 9.77. The molecule has 4 unspecified atom stereocenters. The van der Waals surface area contributed by atoms with Gasteiger partial charge in [0.05, 0.1) is 23.9 Å². The normalized spacial score (nSPS) is 24.8. The van der Waals surface area contributed by atoms with E-state index in [9.17, 15) is 9.90 Å². The lowest BCUT2D eigenvalue weighted by atomic mass is 9.86. The van der Waals surface area contributed by atoms with Crippen LogP contribution in [0.25, 0.3) is 0 Å². The summed E-state index contributed by atoms with van der Waals surface area (Å²) in [7, 11) is 0. The van der Waals surface area contributed by atoms with Crippen LogP contribution in [0.3, 0.4) is 0 Å². The first-order chi connectivity index (χ1) is 16.0. The van der Waals surface area contributed by atoms with E-state index in [1.165, 1.54) is 32.1 Å². The highest BCUT2D eigenvalue weighted by Gasteiger charge is 2.41. The third kappa shape index (κ3) is 5.46. The first-order valence-corrected chi connectivity index (χ1v) is 12.7. The van der Waals surface area contributed by atoms with Crippen molar-refractivity contribution in [1.82, 2.24) is 35.4 Å². The Balaban J connectivity index is 1.37. The van der Waals surface area contributed by atoms with Gasteiger partial charge >= 0.3 is 0 Å². The third-order valence-electron chi connectivity index (χ3n) is 7.28. The van der Waals surface area contributed by atoms with E-state index in [2.05, 4.69) is 33.0 Å². The average Bonchev–Trinajstić information content (AvgIpc) is 3.52. The van der Waals surface area contributed by atoms with Crippen LogP contribution >= 0.6 is 0 Å². The molecule has 4 atom stereocenters. The molecule has 1 amide bonds. The SMILES string of the molecule is CCCn1nc(C(=O)NC(CC)C2NCC(n3cc(CC4CCCCC4)nn3)C2O)cc1C. The van der Waals surface area contributed by atoms with Gasteiger partial charge in [-0.2, -0.15) is 5.10 Å². The number of nitrogens with one attached hydrogen (secondary N) is 2. The fraction of sp³-hybridized carbons (Fsp3) is 0.750. The van der Waals surface area contributed by atoms with Crippen LogP contribution in [0, 0.1) is 12.8 Å². The number of hydrogen-bond acceptors (Lipinski definition) is 6. The molecule has 1 saturated carbocycles. The van der Waals surface area contributed by atoms with Crippen LogP contribution in [0.1, 0.15) is 86.7 Å². The minimum absolute atomic E-state index is 0.195. The van der Waals surface area contributed by atoms with Gasteiger partial charge in [-0.15, -0.1) is 5.10 Å². The summed E-state index contributed by atoms with van der Waals surface area (Å²) in [6.07, 6.45) is 10.5. The molecule has 3 heterocycles. The lowest BCUT2D eigenvalue weighted by Gasteiger charge is -2.27. The van der Waals surface area contributed by atoms with E-state index >= 15 is 0 Å². The quantitative estimate of drug-likeness (QED) is 0.533. The topological polar surface area (TPSA) is 110 Å². The molecule has 2 aromatic rings. The molecule has 9 heteroatoms. The number of hydrogen-bond donors (Lipinski definition) is 3. The molecule has 0 aromatic carbocycles. The van der Waals surface area contributed by atoms with Crippen LogP contribution in [0.5, 0.6) is 0 Å². The van der Waals surface area contributed by atoms with Gasteiger partial charge in [0.25, 0.3) is 5.91 Å². The van der Waals surface area contributed by atoms with Crippen molar-refractivity contribution in [2.24, 2.45) is 5.92 Å². The smallest absolute Gasteiger partial charge is 0.272 e. The van der Waals surface area contributed by atoms with E-state index in [4.69, 9.17) is 0 Å². The molecule has 1 saturated heterocycles. The number of rotatable bonds is 9. The van der Waals surface area contributed by atoms with Gasteiger partial charge < -0.3 is 15.7 Å². The molecule has 1 aliphatic heterocycles. The first kappa shape index (κ1) is 23.9. The fourth-order valence-electron chi connectivity index (χ4n) is 5.37. The molecule has 2 fully saturated rings. The average molecular weight is 458 g/mol. The number of aliphatic hydroxyl groups is 1. The minimum Gasteiger partial charge on any atom is -0.389 e. The molecular formula is C24H39N7O2. The molecule has 4 rings (SSSR count). The van der Waals surface area contributed by atoms with Crippen molar-refractivity contribution in [2.75, 3.05) is 6.54 Å². The molecule has 3 N–H and O–H groups in total. The number of aromatic nitrogens is 5. The van der Waals surface area contributed by atoms with Crippen LogP contribution in [0.2, 0.25) is 0 Å². The van der Waals surface area contributed by atoms with Gasteiger partial charge in [0.1, 0.15) is 5.69 Å². The molecule has 33 heavy (non-hydrogen) atoms. The van der Waals surface area contributed by atoms with Crippen LogP contribution < -0.4 is 10.6 Å². The Bertz CT molecular complexity index is 918. The van der Waals surface area contributed by atoms with E-state index in [-0.39, 0.29) is 24.0 Å². The van der Waals surface area contributed by atoms with Crippen molar-refractivity contribution in [3.63, 3.8) is 0 Å². The summed E-state index contributed by atoms with van der Waals surface area (Å²) in [5, 5.41) is 30.8. The van der Waals surface area contributed by atoms with E-state index in [0.717, 1.165) is 30.8 Å². The van der Waals surface area contributed by atoms with Crippen LogP contribution in [0.4, 0.5) is 0 Å². The first-order valence-electron chi connectivity index (χ1n) is 12.7. The largest absolute Gasteiger partial charge is 0.389 e. The lowest BCUT2D eigenvalue weighted by molar-refractivity contribution is 0.0828. The molecule has 0 spiro atoms. The van der Waals surface area contributed by atoms with Crippen molar-refractivity contribution < 1.29 is 9.90 Å². The zero-order valence-electron chi connectivity index (χ0n) is 20.2. The Labute approximate surface area is 196 Å². The van der Waals surface area contributed by atoms with Crippen LogP contribution in [-0.4, -0.2) is 60.5 Å². The van der Waals surface area contributed by atoms with Gasteiger partial charge in [0.15, 0.2) is 0 Å². The Morgan fingerprint density at radius 3 is 2.82 bits per heavy atom. The highest BCUT2D eigenvalue weighted by molar-refractivity contribution is 5.92. The summed E-state index contributed by atoms with van der Waals surface area (Å²) in [5.74, 6) is 0.500. The van der Waals surface area contributed by atoms with E-state index in [0.29, 0.717) is 24.6 Å². The molecular weight excluding hydrogens is 418 g/mol. The van der Waals surface area contributed by atoms with Crippen molar-refractivity contribution in [1.29, 1.82) is 0 Å². The predicted molar refractivity (Wildman–Crippen MR) is 126 cm³/mol. The Kier molecular flexibility index (Phi) is 7.80. The summed E-state index contributed by atoms with van der Waals surface area (Å²) in [6, 6.07) is 1.16. The number of nitrogens with zero attached hydrogens (tertiary/aromatic N) is 5. The van der Waals surface area contributed by atoms with Crippen molar-refractivity contribution in [3.05, 3.63) is 29.3 Å². The minimum atomic E-state index is -0.668. The zero-order valence-corrected chi connectivity index (χ0v) is 20.2. The van der Waals surface area contributed by atoms with Gasteiger partial charge in [-0.25, -0.2) is 4.68 Å². The predicted octanol–water partition coefficient (Wildman–Crippen LogP) is 2.40. The molecule has 2 aliphatic rings. The lowest BCUT2D eigenvalue weighted by Crippen LogP contribution is -2.51. The maximum atomic E-state index is 12.9. The second-order valence-electron chi connectivity index (χ2n) is 9.77. The van der Waals surface area contributed by atoms with E-state index < -0.39 is 6.10 Å². The van der Waals surface area contributed by atoms with Gasteiger partial charge in [0.2, 0.25) is 0 Å². The van der Waals surface area contributed by atoms with E-state index in [1.807, 2.05) is 30.8 Å². The second kappa shape index (κ2) is 10.8. The molecule has 2 aromatic heterocycles.